The quantitative estimate of drug-likeness (QED) is 0.376. The van der Waals surface area contributed by atoms with E-state index in [1.807, 2.05) is 0 Å². The van der Waals surface area contributed by atoms with Gasteiger partial charge in [0, 0.05) is 5.39 Å². The summed E-state index contributed by atoms with van der Waals surface area (Å²) in [6, 6.07) is 11.9. The summed E-state index contributed by atoms with van der Waals surface area (Å²) < 4.78 is 20.9. The lowest BCUT2D eigenvalue weighted by Crippen LogP contribution is -2.12. The monoisotopic (exact) mass is 366 g/mol. The predicted molar refractivity (Wildman–Crippen MR) is 102 cm³/mol. The zero-order chi connectivity index (χ0) is 19.4. The Morgan fingerprint density at radius 1 is 0.926 bits per heavy atom. The maximum Gasteiger partial charge on any atom is 0.347 e. The molecule has 0 aliphatic heterocycles. The molecule has 0 unspecified atom stereocenters. The van der Waals surface area contributed by atoms with Crippen LogP contribution >= 0.6 is 0 Å². The molecule has 0 aliphatic rings. The van der Waals surface area contributed by atoms with Gasteiger partial charge in [-0.15, -0.1) is 0 Å². The van der Waals surface area contributed by atoms with Gasteiger partial charge < -0.3 is 18.6 Å². The number of methoxy groups -OCH3 is 3. The molecule has 6 heteroatoms. The van der Waals surface area contributed by atoms with Gasteiger partial charge in [-0.3, -0.25) is 4.79 Å². The van der Waals surface area contributed by atoms with Gasteiger partial charge in [0.05, 0.1) is 21.3 Å². The summed E-state index contributed by atoms with van der Waals surface area (Å²) in [5.41, 5.74) is 0.278. The number of carbonyl (C=O) groups excluding carboxylic acids is 1. The summed E-state index contributed by atoms with van der Waals surface area (Å²) in [7, 11) is 4.57. The summed E-state index contributed by atoms with van der Waals surface area (Å²) in [4.78, 5) is 24.7. The Morgan fingerprint density at radius 3 is 2.37 bits per heavy atom. The van der Waals surface area contributed by atoms with Crippen LogP contribution in [0.4, 0.5) is 0 Å². The van der Waals surface area contributed by atoms with Gasteiger partial charge in [-0.2, -0.15) is 0 Å². The number of ether oxygens (including phenoxy) is 3. The average Bonchev–Trinajstić information content (AvgIpc) is 2.70. The summed E-state index contributed by atoms with van der Waals surface area (Å²) in [6.45, 7) is 0. The van der Waals surface area contributed by atoms with Crippen molar-refractivity contribution >= 4 is 22.8 Å². The topological polar surface area (TPSA) is 75.0 Å². The first-order chi connectivity index (χ1) is 13.1. The Kier molecular flexibility index (Phi) is 5.26. The molecule has 0 aliphatic carbocycles. The second kappa shape index (κ2) is 7.78. The maximum absolute atomic E-state index is 12.5. The van der Waals surface area contributed by atoms with Gasteiger partial charge in [0.2, 0.25) is 0 Å². The van der Waals surface area contributed by atoms with Crippen LogP contribution in [-0.2, 0) is 0 Å². The molecule has 138 valence electrons. The standard InChI is InChI=1S/C21H18O6/c1-24-17-10-8-13(11-19(17)26-3)7-9-16(22)15-12-14-5-4-6-18(25-2)20(14)27-21(15)23/h4-12H,1-3H3/b9-7+. The third kappa shape index (κ3) is 3.69. The molecule has 2 aromatic carbocycles. The van der Waals surface area contributed by atoms with Crippen LogP contribution in [-0.4, -0.2) is 27.1 Å². The molecule has 27 heavy (non-hydrogen) atoms. The van der Waals surface area contributed by atoms with Crippen LogP contribution in [0.5, 0.6) is 17.2 Å². The summed E-state index contributed by atoms with van der Waals surface area (Å²) in [5.74, 6) is 1.11. The Hall–Kier alpha value is -3.54. The number of fused-ring (bicyclic) bond motifs is 1. The fraction of sp³-hybridized carbons (Fsp3) is 0.143. The lowest BCUT2D eigenvalue weighted by Gasteiger charge is -2.07. The van der Waals surface area contributed by atoms with Gasteiger partial charge in [-0.05, 0) is 35.9 Å². The molecule has 0 radical (unpaired) electrons. The maximum atomic E-state index is 12.5. The number of ketones is 1. The van der Waals surface area contributed by atoms with E-state index in [9.17, 15) is 9.59 Å². The van der Waals surface area contributed by atoms with Crippen molar-refractivity contribution < 1.29 is 23.4 Å². The number of hydrogen-bond acceptors (Lipinski definition) is 6. The van der Waals surface area contributed by atoms with Crippen molar-refractivity contribution in [1.82, 2.24) is 0 Å². The third-order valence-corrected chi connectivity index (χ3v) is 4.04. The normalized spacial score (nSPS) is 10.9. The highest BCUT2D eigenvalue weighted by Crippen LogP contribution is 2.28. The van der Waals surface area contributed by atoms with Gasteiger partial charge >= 0.3 is 5.63 Å². The van der Waals surface area contributed by atoms with Crippen LogP contribution in [0.2, 0.25) is 0 Å². The molecular formula is C21H18O6. The molecule has 0 fully saturated rings. The first-order valence-electron chi connectivity index (χ1n) is 8.12. The predicted octanol–water partition coefficient (Wildman–Crippen LogP) is 3.71. The van der Waals surface area contributed by atoms with E-state index in [0.717, 1.165) is 5.56 Å². The first kappa shape index (κ1) is 18.3. The highest BCUT2D eigenvalue weighted by molar-refractivity contribution is 6.08. The van der Waals surface area contributed by atoms with E-state index in [2.05, 4.69) is 0 Å². The van der Waals surface area contributed by atoms with Crippen molar-refractivity contribution in [3.8, 4) is 17.2 Å². The van der Waals surface area contributed by atoms with Crippen molar-refractivity contribution in [2.45, 2.75) is 0 Å². The Morgan fingerprint density at radius 2 is 1.67 bits per heavy atom. The van der Waals surface area contributed by atoms with E-state index >= 15 is 0 Å². The van der Waals surface area contributed by atoms with Crippen LogP contribution in [0.1, 0.15) is 15.9 Å². The van der Waals surface area contributed by atoms with E-state index in [0.29, 0.717) is 28.2 Å². The second-order valence-corrected chi connectivity index (χ2v) is 5.64. The average molecular weight is 366 g/mol. The summed E-state index contributed by atoms with van der Waals surface area (Å²) in [5, 5.41) is 0.608. The number of allylic oxidation sites excluding steroid dienone is 1. The molecule has 0 spiro atoms. The van der Waals surface area contributed by atoms with Crippen molar-refractivity contribution in [3.05, 3.63) is 70.1 Å². The summed E-state index contributed by atoms with van der Waals surface area (Å²) >= 11 is 0. The van der Waals surface area contributed by atoms with Crippen LogP contribution in [0.15, 0.2) is 57.8 Å². The van der Waals surface area contributed by atoms with Gasteiger partial charge in [0.1, 0.15) is 5.56 Å². The molecule has 3 rings (SSSR count). The molecular weight excluding hydrogens is 348 g/mol. The lowest BCUT2D eigenvalue weighted by molar-refractivity contribution is 0.104. The number of benzene rings is 2. The minimum Gasteiger partial charge on any atom is -0.493 e. The van der Waals surface area contributed by atoms with Crippen LogP contribution in [0.25, 0.3) is 17.0 Å². The van der Waals surface area contributed by atoms with Gasteiger partial charge in [0.15, 0.2) is 28.6 Å². The smallest absolute Gasteiger partial charge is 0.347 e. The van der Waals surface area contributed by atoms with Crippen LogP contribution < -0.4 is 19.8 Å². The van der Waals surface area contributed by atoms with Crippen LogP contribution in [0.3, 0.4) is 0 Å². The highest BCUT2D eigenvalue weighted by Gasteiger charge is 2.13. The zero-order valence-electron chi connectivity index (χ0n) is 15.1. The number of carbonyl (C=O) groups is 1. The molecule has 0 saturated heterocycles. The zero-order valence-corrected chi connectivity index (χ0v) is 15.1. The lowest BCUT2D eigenvalue weighted by atomic mass is 10.1. The highest BCUT2D eigenvalue weighted by atomic mass is 16.5. The van der Waals surface area contributed by atoms with Crippen molar-refractivity contribution in [2.24, 2.45) is 0 Å². The van der Waals surface area contributed by atoms with Crippen LogP contribution in [0, 0.1) is 0 Å². The fourth-order valence-corrected chi connectivity index (χ4v) is 2.67. The van der Waals surface area contributed by atoms with E-state index in [4.69, 9.17) is 18.6 Å². The Labute approximate surface area is 155 Å². The van der Waals surface area contributed by atoms with E-state index in [1.54, 1.807) is 49.6 Å². The molecule has 1 heterocycles. The van der Waals surface area contributed by atoms with E-state index < -0.39 is 11.4 Å². The van der Waals surface area contributed by atoms with E-state index in [-0.39, 0.29) is 5.56 Å². The molecule has 0 bridgehead atoms. The number of para-hydroxylation sites is 1. The summed E-state index contributed by atoms with van der Waals surface area (Å²) in [6.07, 6.45) is 2.92. The first-order valence-corrected chi connectivity index (χ1v) is 8.12. The van der Waals surface area contributed by atoms with E-state index in [1.165, 1.54) is 26.4 Å². The minimum atomic E-state index is -0.714. The Balaban J connectivity index is 1.93. The minimum absolute atomic E-state index is 0.0486. The number of hydrogen-bond donors (Lipinski definition) is 0. The van der Waals surface area contributed by atoms with Gasteiger partial charge in [-0.1, -0.05) is 24.3 Å². The van der Waals surface area contributed by atoms with Crippen molar-refractivity contribution in [2.75, 3.05) is 21.3 Å². The fourth-order valence-electron chi connectivity index (χ4n) is 2.67. The molecule has 6 nitrogen and oxygen atoms in total. The largest absolute Gasteiger partial charge is 0.493 e. The molecule has 3 aromatic rings. The molecule has 0 N–H and O–H groups in total. The van der Waals surface area contributed by atoms with Gasteiger partial charge in [-0.25, -0.2) is 4.79 Å². The van der Waals surface area contributed by atoms with Crippen molar-refractivity contribution in [1.29, 1.82) is 0 Å². The molecule has 0 atom stereocenters. The molecule has 0 saturated carbocycles. The van der Waals surface area contributed by atoms with Gasteiger partial charge in [0.25, 0.3) is 0 Å². The number of rotatable bonds is 6. The SMILES string of the molecule is COc1ccc(/C=C/C(=O)c2cc3cccc(OC)c3oc2=O)cc1OC. The second-order valence-electron chi connectivity index (χ2n) is 5.64. The molecule has 1 aromatic heterocycles. The Bertz CT molecular complexity index is 1080. The third-order valence-electron chi connectivity index (χ3n) is 4.04. The molecule has 0 amide bonds. The van der Waals surface area contributed by atoms with Crippen molar-refractivity contribution in [3.63, 3.8) is 0 Å².